The molecule has 0 aromatic heterocycles. The minimum Gasteiger partial charge on any atom is -0.448 e. The van der Waals surface area contributed by atoms with Crippen molar-refractivity contribution in [3.05, 3.63) is 0 Å². The predicted octanol–water partition coefficient (Wildman–Crippen LogP) is -0.891. The van der Waals surface area contributed by atoms with E-state index in [2.05, 4.69) is 0 Å². The smallest absolute Gasteiger partial charge is 0.448 e. The fraction of sp³-hybridized carbons (Fsp3) is 1.00. The van der Waals surface area contributed by atoms with Gasteiger partial charge in [0.25, 0.3) is 0 Å². The van der Waals surface area contributed by atoms with Crippen molar-refractivity contribution in [1.29, 1.82) is 0 Å². The molecule has 1 saturated heterocycles. The number of rotatable bonds is 3. The Labute approximate surface area is 120 Å². The normalized spacial score (nSPS) is 24.5. The summed E-state index contributed by atoms with van der Waals surface area (Å²) >= 11 is 0. The van der Waals surface area contributed by atoms with Crippen LogP contribution in [0.3, 0.4) is 0 Å². The summed E-state index contributed by atoms with van der Waals surface area (Å²) in [5, 5.41) is 0. The first kappa shape index (κ1) is 14.5. The maximum atomic E-state index is 12.0. The molecule has 0 aromatic rings. The molecule has 1 heterocycles. The van der Waals surface area contributed by atoms with Gasteiger partial charge in [-0.25, -0.2) is 0 Å². The second-order valence-electron chi connectivity index (χ2n) is 3.53. The van der Waals surface area contributed by atoms with Crippen molar-refractivity contribution in [2.75, 3.05) is 19.5 Å². The van der Waals surface area contributed by atoms with E-state index >= 15 is 0 Å². The Kier molecular flexibility index (Phi) is 6.81. The fourth-order valence-corrected chi connectivity index (χ4v) is 1.70. The summed E-state index contributed by atoms with van der Waals surface area (Å²) < 4.78 is 35.9. The number of likely N-dealkylation sites (tertiary alicyclic amines) is 1. The van der Waals surface area contributed by atoms with Gasteiger partial charge >= 0.3 is 58.4 Å². The summed E-state index contributed by atoms with van der Waals surface area (Å²) in [7, 11) is 0. The van der Waals surface area contributed by atoms with Gasteiger partial charge in [0.2, 0.25) is 0 Å². The molecule has 0 N–H and O–H groups in total. The summed E-state index contributed by atoms with van der Waals surface area (Å²) in [6.07, 6.45) is 1.26. The van der Waals surface area contributed by atoms with Crippen LogP contribution in [-0.4, -0.2) is 31.4 Å². The van der Waals surface area contributed by atoms with E-state index in [9.17, 15) is 12.9 Å². The van der Waals surface area contributed by atoms with Crippen molar-refractivity contribution in [2.45, 2.75) is 19.8 Å². The number of hydrogen-bond donors (Lipinski definition) is 0. The van der Waals surface area contributed by atoms with Gasteiger partial charge in [0.1, 0.15) is 0 Å². The van der Waals surface area contributed by atoms with Crippen LogP contribution in [0.4, 0.5) is 12.9 Å². The van der Waals surface area contributed by atoms with Gasteiger partial charge in [-0.15, -0.1) is 0 Å². The van der Waals surface area contributed by atoms with Crippen LogP contribution in [0.5, 0.6) is 0 Å². The molecule has 1 rings (SSSR count). The SMILES string of the molecule is CCC1CCN(C[B-](F)(F)F)C1.[K+]. The van der Waals surface area contributed by atoms with Crippen molar-refractivity contribution in [3.63, 3.8) is 0 Å². The van der Waals surface area contributed by atoms with Gasteiger partial charge in [-0.05, 0) is 31.9 Å². The van der Waals surface area contributed by atoms with E-state index in [1.807, 2.05) is 6.92 Å². The first-order valence-corrected chi connectivity index (χ1v) is 4.44. The first-order valence-electron chi connectivity index (χ1n) is 4.44. The average Bonchev–Trinajstić information content (AvgIpc) is 2.32. The van der Waals surface area contributed by atoms with Crippen LogP contribution in [0, 0.1) is 5.92 Å². The Hall–Kier alpha value is 1.45. The van der Waals surface area contributed by atoms with E-state index in [0.717, 1.165) is 12.8 Å². The molecule has 72 valence electrons. The van der Waals surface area contributed by atoms with E-state index in [0.29, 0.717) is 19.0 Å². The summed E-state index contributed by atoms with van der Waals surface area (Å²) in [5.41, 5.74) is 0. The Morgan fingerprint density at radius 2 is 2.00 bits per heavy atom. The molecule has 13 heavy (non-hydrogen) atoms. The third kappa shape index (κ3) is 5.79. The van der Waals surface area contributed by atoms with Crippen LogP contribution in [0.1, 0.15) is 19.8 Å². The largest absolute Gasteiger partial charge is 1.00 e. The van der Waals surface area contributed by atoms with E-state index in [1.165, 1.54) is 4.90 Å². The van der Waals surface area contributed by atoms with Gasteiger partial charge in [-0.1, -0.05) is 13.3 Å². The van der Waals surface area contributed by atoms with Crippen molar-refractivity contribution in [3.8, 4) is 0 Å². The van der Waals surface area contributed by atoms with E-state index in [4.69, 9.17) is 0 Å². The van der Waals surface area contributed by atoms with Crippen LogP contribution in [0.25, 0.3) is 0 Å². The molecule has 0 spiro atoms. The Bertz CT molecular complexity index is 153. The van der Waals surface area contributed by atoms with E-state index < -0.39 is 13.4 Å². The third-order valence-corrected chi connectivity index (χ3v) is 2.41. The summed E-state index contributed by atoms with van der Waals surface area (Å²) in [4.78, 5) is 1.52. The molecule has 0 amide bonds. The van der Waals surface area contributed by atoms with Gasteiger partial charge in [-0.3, -0.25) is 0 Å². The minimum atomic E-state index is -4.62. The fourth-order valence-electron chi connectivity index (χ4n) is 1.70. The zero-order valence-corrected chi connectivity index (χ0v) is 11.4. The Balaban J connectivity index is 0.00000144. The van der Waals surface area contributed by atoms with E-state index in [-0.39, 0.29) is 51.4 Å². The van der Waals surface area contributed by atoms with Crippen molar-refractivity contribution >= 4 is 6.98 Å². The zero-order valence-electron chi connectivity index (χ0n) is 8.27. The molecule has 0 bridgehead atoms. The van der Waals surface area contributed by atoms with Crippen LogP contribution in [-0.2, 0) is 0 Å². The molecule has 1 atom stereocenters. The Morgan fingerprint density at radius 3 is 2.38 bits per heavy atom. The van der Waals surface area contributed by atoms with E-state index in [1.54, 1.807) is 0 Å². The predicted molar refractivity (Wildman–Crippen MR) is 43.9 cm³/mol. The quantitative estimate of drug-likeness (QED) is 0.556. The molecule has 1 unspecified atom stereocenters. The Morgan fingerprint density at radius 1 is 1.38 bits per heavy atom. The van der Waals surface area contributed by atoms with Crippen molar-refractivity contribution in [1.82, 2.24) is 4.90 Å². The molecule has 1 aliphatic rings. The van der Waals surface area contributed by atoms with Crippen LogP contribution >= 0.6 is 0 Å². The molecule has 0 aromatic carbocycles. The number of hydrogen-bond acceptors (Lipinski definition) is 1. The van der Waals surface area contributed by atoms with Gasteiger partial charge in [0.05, 0.1) is 0 Å². The number of halogens is 3. The maximum Gasteiger partial charge on any atom is 1.00 e. The molecular weight excluding hydrogens is 205 g/mol. The summed E-state index contributed by atoms with van der Waals surface area (Å²) in [6, 6.07) is 0. The topological polar surface area (TPSA) is 3.24 Å². The molecular formula is C7H14BF3KN. The maximum absolute atomic E-state index is 12.0. The van der Waals surface area contributed by atoms with Crippen molar-refractivity contribution < 1.29 is 64.3 Å². The second kappa shape index (κ2) is 6.13. The van der Waals surface area contributed by atoms with Crippen LogP contribution in [0.15, 0.2) is 0 Å². The molecule has 1 nitrogen and oxygen atoms in total. The molecule has 6 heteroatoms. The zero-order chi connectivity index (χ0) is 9.19. The first-order chi connectivity index (χ1) is 5.51. The third-order valence-electron chi connectivity index (χ3n) is 2.41. The molecule has 1 fully saturated rings. The number of nitrogens with zero attached hydrogens (tertiary/aromatic N) is 1. The van der Waals surface area contributed by atoms with Gasteiger partial charge in [0, 0.05) is 0 Å². The van der Waals surface area contributed by atoms with Crippen molar-refractivity contribution in [2.24, 2.45) is 5.92 Å². The summed E-state index contributed by atoms with van der Waals surface area (Å²) in [5.74, 6) is 0.489. The monoisotopic (exact) mass is 219 g/mol. The minimum absolute atomic E-state index is 0. The molecule has 1 aliphatic heterocycles. The molecule has 0 radical (unpaired) electrons. The van der Waals surface area contributed by atoms with Crippen LogP contribution in [0.2, 0.25) is 0 Å². The van der Waals surface area contributed by atoms with Gasteiger partial charge < -0.3 is 17.8 Å². The van der Waals surface area contributed by atoms with Gasteiger partial charge in [-0.2, -0.15) is 0 Å². The molecule has 0 aliphatic carbocycles. The second-order valence-corrected chi connectivity index (χ2v) is 3.53. The van der Waals surface area contributed by atoms with Crippen LogP contribution < -0.4 is 51.4 Å². The van der Waals surface area contributed by atoms with Gasteiger partial charge in [0.15, 0.2) is 0 Å². The average molecular weight is 219 g/mol. The molecule has 0 saturated carbocycles. The standard InChI is InChI=1S/C7H14BF3N.K/c1-2-7-3-4-12(5-7)6-8(9,10)11;/h7H,2-6H2,1H3;/q-1;+1. The summed E-state index contributed by atoms with van der Waals surface area (Å²) in [6.45, 7) is -1.32.